The predicted octanol–water partition coefficient (Wildman–Crippen LogP) is 6.78. The number of alkyl halides is 3. The summed E-state index contributed by atoms with van der Waals surface area (Å²) < 4.78 is 60.2. The number of carbonyl (C=O) groups is 2. The van der Waals surface area contributed by atoms with Crippen LogP contribution in [-0.4, -0.2) is 44.7 Å². The highest BCUT2D eigenvalue weighted by Crippen LogP contribution is 2.35. The maximum Gasteiger partial charge on any atom is 0.416 e. The molecule has 43 heavy (non-hydrogen) atoms. The molecule has 1 unspecified atom stereocenters. The first-order valence-electron chi connectivity index (χ1n) is 12.8. The fourth-order valence-electron chi connectivity index (χ4n) is 4.31. The first-order valence-corrected chi connectivity index (χ1v) is 13.8. The summed E-state index contributed by atoms with van der Waals surface area (Å²) in [6.45, 7) is 3.72. The van der Waals surface area contributed by atoms with Crippen molar-refractivity contribution in [1.82, 2.24) is 14.8 Å². The van der Waals surface area contributed by atoms with Crippen LogP contribution in [0.2, 0.25) is 0 Å². The molecule has 4 aromatic rings. The number of aryl methyl sites for hydroxylation is 1. The molecule has 222 valence electrons. The number of methoxy groups -OCH3 is 1. The molecule has 0 spiro atoms. The zero-order valence-electron chi connectivity index (χ0n) is 23.0. The Morgan fingerprint density at radius 2 is 1.86 bits per heavy atom. The molecule has 3 aromatic carbocycles. The SMILES string of the molecule is COC(C)c1ccc(C)cc1N1C(=O)CS/C1=N\C(=O)Nc1ccc(-n2cnc(-c3ccc(C(F)(F)F)cc3)n2)cc1F. The molecule has 5 rings (SSSR count). The lowest BCUT2D eigenvalue weighted by Gasteiger charge is -2.23. The molecule has 0 aliphatic carbocycles. The van der Waals surface area contributed by atoms with Gasteiger partial charge in [0.1, 0.15) is 12.1 Å². The van der Waals surface area contributed by atoms with E-state index in [9.17, 15) is 22.8 Å². The minimum atomic E-state index is -4.47. The number of hydrogen-bond acceptors (Lipinski definition) is 6. The zero-order valence-corrected chi connectivity index (χ0v) is 23.8. The van der Waals surface area contributed by atoms with Crippen LogP contribution in [0.25, 0.3) is 17.1 Å². The second-order valence-corrected chi connectivity index (χ2v) is 10.5. The minimum Gasteiger partial charge on any atom is -0.377 e. The standard InChI is InChI=1S/C29H24F4N6O3S/c1-16-4-10-21(17(2)42-3)24(12-16)39-25(40)14-43-28(39)36-27(41)35-23-11-9-20(13-22(23)30)38-15-34-26(37-38)18-5-7-19(8-6-18)29(31,32)33/h4-13,15,17H,14H2,1-3H3,(H,35,41)/b36-28-. The van der Waals surface area contributed by atoms with E-state index in [1.807, 2.05) is 32.0 Å². The van der Waals surface area contributed by atoms with Gasteiger partial charge in [0.05, 0.1) is 34.5 Å². The molecule has 3 amide bonds. The van der Waals surface area contributed by atoms with Crippen molar-refractivity contribution in [3.8, 4) is 17.1 Å². The number of aromatic nitrogens is 3. The number of aliphatic imine (C=N–C) groups is 1. The summed E-state index contributed by atoms with van der Waals surface area (Å²) in [6, 6.07) is 12.9. The van der Waals surface area contributed by atoms with Gasteiger partial charge in [-0.2, -0.15) is 18.2 Å². The van der Waals surface area contributed by atoms with Crippen LogP contribution in [-0.2, 0) is 15.7 Å². The van der Waals surface area contributed by atoms with Gasteiger partial charge in [-0.25, -0.2) is 18.9 Å². The fourth-order valence-corrected chi connectivity index (χ4v) is 5.16. The molecule has 1 atom stereocenters. The summed E-state index contributed by atoms with van der Waals surface area (Å²) in [5.41, 5.74) is 1.84. The van der Waals surface area contributed by atoms with E-state index in [-0.39, 0.29) is 40.1 Å². The Kier molecular flexibility index (Phi) is 8.33. The van der Waals surface area contributed by atoms with Gasteiger partial charge in [-0.3, -0.25) is 9.69 Å². The number of halogens is 4. The number of urea groups is 1. The van der Waals surface area contributed by atoms with E-state index in [1.54, 1.807) is 7.11 Å². The van der Waals surface area contributed by atoms with Crippen LogP contribution >= 0.6 is 11.8 Å². The van der Waals surface area contributed by atoms with E-state index < -0.39 is 23.6 Å². The number of thioether (sulfide) groups is 1. The molecular formula is C29H24F4N6O3S. The first-order chi connectivity index (χ1) is 20.4. The van der Waals surface area contributed by atoms with Crippen molar-refractivity contribution < 1.29 is 31.9 Å². The summed E-state index contributed by atoms with van der Waals surface area (Å²) in [7, 11) is 1.55. The average molecular weight is 613 g/mol. The van der Waals surface area contributed by atoms with Crippen molar-refractivity contribution in [3.63, 3.8) is 0 Å². The molecule has 1 saturated heterocycles. The van der Waals surface area contributed by atoms with Gasteiger partial charge >= 0.3 is 12.2 Å². The molecule has 1 aromatic heterocycles. The third-order valence-electron chi connectivity index (χ3n) is 6.60. The van der Waals surface area contributed by atoms with Crippen LogP contribution in [0, 0.1) is 12.7 Å². The van der Waals surface area contributed by atoms with Crippen LogP contribution in [0.4, 0.5) is 33.7 Å². The lowest BCUT2D eigenvalue weighted by molar-refractivity contribution is -0.137. The summed E-state index contributed by atoms with van der Waals surface area (Å²) in [5.74, 6) is -0.826. The molecule has 0 saturated carbocycles. The second kappa shape index (κ2) is 12.0. The number of rotatable bonds is 6. The van der Waals surface area contributed by atoms with Crippen molar-refractivity contribution >= 4 is 40.2 Å². The van der Waals surface area contributed by atoms with Crippen molar-refractivity contribution in [2.45, 2.75) is 26.1 Å². The van der Waals surface area contributed by atoms with Gasteiger partial charge in [0, 0.05) is 24.3 Å². The summed E-state index contributed by atoms with van der Waals surface area (Å²) in [4.78, 5) is 35.1. The van der Waals surface area contributed by atoms with Crippen LogP contribution in [0.1, 0.15) is 29.7 Å². The Hall–Kier alpha value is -4.56. The normalized spacial score (nSPS) is 15.3. The van der Waals surface area contributed by atoms with Gasteiger partial charge in [-0.15, -0.1) is 5.10 Å². The van der Waals surface area contributed by atoms with Crippen LogP contribution < -0.4 is 10.2 Å². The Labute approximate surface area is 247 Å². The van der Waals surface area contributed by atoms with Gasteiger partial charge < -0.3 is 10.1 Å². The number of amides is 3. The maximum absolute atomic E-state index is 15.0. The Bertz CT molecular complexity index is 1720. The van der Waals surface area contributed by atoms with E-state index in [0.29, 0.717) is 11.3 Å². The third-order valence-corrected chi connectivity index (χ3v) is 7.53. The van der Waals surface area contributed by atoms with E-state index in [2.05, 4.69) is 20.4 Å². The summed E-state index contributed by atoms with van der Waals surface area (Å²) >= 11 is 1.09. The van der Waals surface area contributed by atoms with E-state index in [0.717, 1.165) is 41.1 Å². The molecule has 9 nitrogen and oxygen atoms in total. The maximum atomic E-state index is 15.0. The van der Waals surface area contributed by atoms with E-state index >= 15 is 4.39 Å². The Morgan fingerprint density at radius 3 is 2.53 bits per heavy atom. The lowest BCUT2D eigenvalue weighted by atomic mass is 10.0. The molecular weight excluding hydrogens is 588 g/mol. The minimum absolute atomic E-state index is 0.0796. The second-order valence-electron chi connectivity index (χ2n) is 9.53. The van der Waals surface area contributed by atoms with Crippen molar-refractivity contribution in [3.05, 3.63) is 89.5 Å². The predicted molar refractivity (Wildman–Crippen MR) is 155 cm³/mol. The highest BCUT2D eigenvalue weighted by atomic mass is 32.2. The molecule has 1 aliphatic heterocycles. The van der Waals surface area contributed by atoms with Crippen LogP contribution in [0.3, 0.4) is 0 Å². The van der Waals surface area contributed by atoms with Crippen molar-refractivity contribution in [2.24, 2.45) is 4.99 Å². The van der Waals surface area contributed by atoms with E-state index in [4.69, 9.17) is 4.74 Å². The molecule has 0 radical (unpaired) electrons. The van der Waals surface area contributed by atoms with Gasteiger partial charge in [0.2, 0.25) is 5.91 Å². The molecule has 1 N–H and O–H groups in total. The van der Waals surface area contributed by atoms with Crippen LogP contribution in [0.15, 0.2) is 72.0 Å². The quantitative estimate of drug-likeness (QED) is 0.241. The molecule has 1 aliphatic rings. The number of anilines is 2. The van der Waals surface area contributed by atoms with Gasteiger partial charge in [0.25, 0.3) is 0 Å². The Balaban J connectivity index is 1.33. The first kappa shape index (κ1) is 29.9. The number of nitrogens with zero attached hydrogens (tertiary/aromatic N) is 5. The number of amidine groups is 1. The largest absolute Gasteiger partial charge is 0.416 e. The van der Waals surface area contributed by atoms with E-state index in [1.165, 1.54) is 40.2 Å². The number of benzene rings is 3. The smallest absolute Gasteiger partial charge is 0.377 e. The average Bonchev–Trinajstić information content (AvgIpc) is 3.60. The molecule has 2 heterocycles. The lowest BCUT2D eigenvalue weighted by Crippen LogP contribution is -2.31. The summed E-state index contributed by atoms with van der Waals surface area (Å²) in [5, 5.41) is 6.76. The number of nitrogens with one attached hydrogen (secondary N) is 1. The topological polar surface area (TPSA) is 102 Å². The van der Waals surface area contributed by atoms with Crippen LogP contribution in [0.5, 0.6) is 0 Å². The van der Waals surface area contributed by atoms with Gasteiger partial charge in [-0.05, 0) is 49.7 Å². The molecule has 0 bridgehead atoms. The number of hydrogen-bond donors (Lipinski definition) is 1. The van der Waals surface area contributed by atoms with Crippen molar-refractivity contribution in [1.29, 1.82) is 0 Å². The zero-order chi connectivity index (χ0) is 30.9. The van der Waals surface area contributed by atoms with Gasteiger partial charge in [-0.1, -0.05) is 36.0 Å². The highest BCUT2D eigenvalue weighted by molar-refractivity contribution is 8.15. The van der Waals surface area contributed by atoms with Gasteiger partial charge in [0.15, 0.2) is 11.0 Å². The summed E-state index contributed by atoms with van der Waals surface area (Å²) in [6.07, 6.45) is -3.50. The highest BCUT2D eigenvalue weighted by Gasteiger charge is 2.33. The monoisotopic (exact) mass is 612 g/mol. The number of carbonyl (C=O) groups excluding carboxylic acids is 2. The third kappa shape index (κ3) is 6.44. The number of ether oxygens (including phenoxy) is 1. The fraction of sp³-hybridized carbons (Fsp3) is 0.207. The Morgan fingerprint density at radius 1 is 1.12 bits per heavy atom. The van der Waals surface area contributed by atoms with Crippen molar-refractivity contribution in [2.75, 3.05) is 23.1 Å². The molecule has 14 heteroatoms. The molecule has 1 fully saturated rings.